The molecule has 0 atom stereocenters. The maximum Gasteiger partial charge on any atom is 0.144 e. The maximum absolute atomic E-state index is 14.7. The highest BCUT2D eigenvalue weighted by Crippen LogP contribution is 2.37. The van der Waals surface area contributed by atoms with Crippen LogP contribution >= 0.6 is 11.3 Å². The first-order chi connectivity index (χ1) is 15.2. The van der Waals surface area contributed by atoms with Gasteiger partial charge >= 0.3 is 0 Å². The van der Waals surface area contributed by atoms with Gasteiger partial charge in [0.25, 0.3) is 0 Å². The average molecular weight is 441 g/mol. The summed E-state index contributed by atoms with van der Waals surface area (Å²) in [5.41, 5.74) is 2.55. The summed E-state index contributed by atoms with van der Waals surface area (Å²) in [4.78, 5) is 1.11. The molecule has 0 aliphatic carbocycles. The molecule has 1 heterocycles. The number of benzene rings is 2. The Balaban J connectivity index is 1.58. The van der Waals surface area contributed by atoms with Crippen LogP contribution < -0.4 is 4.74 Å². The van der Waals surface area contributed by atoms with Crippen LogP contribution in [-0.2, 0) is 6.42 Å². The second-order valence-corrected chi connectivity index (χ2v) is 9.61. The predicted molar refractivity (Wildman–Crippen MR) is 134 cm³/mol. The topological polar surface area (TPSA) is 9.23 Å². The monoisotopic (exact) mass is 440 g/mol. The van der Waals surface area contributed by atoms with Gasteiger partial charge in [-0.1, -0.05) is 89.5 Å². The van der Waals surface area contributed by atoms with Crippen molar-refractivity contribution in [1.29, 1.82) is 0 Å². The van der Waals surface area contributed by atoms with E-state index in [9.17, 15) is 4.39 Å². The van der Waals surface area contributed by atoms with Crippen LogP contribution in [0.1, 0.15) is 83.6 Å². The minimum absolute atomic E-state index is 0.181. The van der Waals surface area contributed by atoms with E-state index in [4.69, 9.17) is 4.74 Å². The Bertz CT molecular complexity index is 913. The summed E-state index contributed by atoms with van der Waals surface area (Å²) >= 11 is 1.52. The van der Waals surface area contributed by atoms with Gasteiger partial charge in [-0.2, -0.15) is 0 Å². The largest absolute Gasteiger partial charge is 0.493 e. The molecule has 168 valence electrons. The fraction of sp³-hybridized carbons (Fsp3) is 0.500. The lowest BCUT2D eigenvalue weighted by Crippen LogP contribution is -1.97. The molecule has 2 aromatic carbocycles. The SMILES string of the molecule is CCCCCCCCOc1cc(F)c2sc(-c3ccc(CCCCCC)cc3)cc2c1. The lowest BCUT2D eigenvalue weighted by atomic mass is 10.0. The van der Waals surface area contributed by atoms with Crippen LogP contribution in [0.25, 0.3) is 20.5 Å². The van der Waals surface area contributed by atoms with E-state index in [2.05, 4.69) is 44.2 Å². The van der Waals surface area contributed by atoms with E-state index in [1.165, 1.54) is 74.7 Å². The zero-order valence-corrected chi connectivity index (χ0v) is 20.0. The Morgan fingerprint density at radius 2 is 1.45 bits per heavy atom. The summed E-state index contributed by atoms with van der Waals surface area (Å²) in [5, 5.41) is 0.932. The van der Waals surface area contributed by atoms with Crippen LogP contribution in [0.4, 0.5) is 4.39 Å². The highest BCUT2D eigenvalue weighted by molar-refractivity contribution is 7.22. The van der Waals surface area contributed by atoms with Crippen molar-refractivity contribution >= 4 is 21.4 Å². The van der Waals surface area contributed by atoms with Gasteiger partial charge in [-0.25, -0.2) is 4.39 Å². The molecule has 0 aliphatic heterocycles. The normalized spacial score (nSPS) is 11.3. The summed E-state index contributed by atoms with van der Waals surface area (Å²) < 4.78 is 21.3. The zero-order chi connectivity index (χ0) is 21.9. The van der Waals surface area contributed by atoms with Crippen LogP contribution in [-0.4, -0.2) is 6.61 Å². The minimum atomic E-state index is -0.181. The van der Waals surface area contributed by atoms with Crippen molar-refractivity contribution < 1.29 is 9.13 Å². The zero-order valence-electron chi connectivity index (χ0n) is 19.2. The van der Waals surface area contributed by atoms with Crippen LogP contribution in [0, 0.1) is 5.82 Å². The number of aryl methyl sites for hydroxylation is 1. The van der Waals surface area contributed by atoms with Crippen molar-refractivity contribution in [2.45, 2.75) is 84.5 Å². The summed E-state index contributed by atoms with van der Waals surface area (Å²) in [6.45, 7) is 5.13. The van der Waals surface area contributed by atoms with E-state index in [0.717, 1.165) is 28.7 Å². The molecule has 0 radical (unpaired) electrons. The van der Waals surface area contributed by atoms with Crippen molar-refractivity contribution in [2.24, 2.45) is 0 Å². The Labute approximate surface area is 191 Å². The van der Waals surface area contributed by atoms with Gasteiger partial charge in [-0.3, -0.25) is 0 Å². The van der Waals surface area contributed by atoms with Crippen molar-refractivity contribution in [3.8, 4) is 16.2 Å². The summed E-state index contributed by atoms with van der Waals surface area (Å²) in [5.74, 6) is 0.463. The Hall–Kier alpha value is -1.87. The van der Waals surface area contributed by atoms with Gasteiger partial charge in [0.05, 0.1) is 11.3 Å². The number of fused-ring (bicyclic) bond motifs is 1. The van der Waals surface area contributed by atoms with E-state index >= 15 is 0 Å². The molecule has 0 aliphatic rings. The molecule has 31 heavy (non-hydrogen) atoms. The van der Waals surface area contributed by atoms with Gasteiger partial charge in [0, 0.05) is 10.9 Å². The molecule has 3 rings (SSSR count). The summed E-state index contributed by atoms with van der Waals surface area (Å²) in [6, 6.07) is 14.4. The number of unbranched alkanes of at least 4 members (excludes halogenated alkanes) is 8. The highest BCUT2D eigenvalue weighted by atomic mass is 32.1. The van der Waals surface area contributed by atoms with E-state index in [-0.39, 0.29) is 5.82 Å². The predicted octanol–water partition coefficient (Wildman–Crippen LogP) is 9.57. The quantitative estimate of drug-likeness (QED) is 0.227. The molecule has 1 aromatic heterocycles. The third-order valence-electron chi connectivity index (χ3n) is 5.87. The van der Waals surface area contributed by atoms with Gasteiger partial charge in [-0.15, -0.1) is 11.3 Å². The van der Waals surface area contributed by atoms with Crippen molar-refractivity contribution in [3.63, 3.8) is 0 Å². The first kappa shape index (κ1) is 23.8. The molecule has 0 spiro atoms. The van der Waals surface area contributed by atoms with E-state index < -0.39 is 0 Å². The molecule has 0 amide bonds. The molecule has 0 fully saturated rings. The molecule has 0 saturated carbocycles. The third-order valence-corrected chi connectivity index (χ3v) is 7.08. The molecule has 0 saturated heterocycles. The minimum Gasteiger partial charge on any atom is -0.493 e. The number of hydrogen-bond acceptors (Lipinski definition) is 2. The van der Waals surface area contributed by atoms with E-state index in [0.29, 0.717) is 17.1 Å². The molecule has 0 bridgehead atoms. The molecule has 1 nitrogen and oxygen atoms in total. The second-order valence-electron chi connectivity index (χ2n) is 8.56. The number of halogens is 1. The molecule has 3 aromatic rings. The Morgan fingerprint density at radius 3 is 2.19 bits per heavy atom. The Morgan fingerprint density at radius 1 is 0.774 bits per heavy atom. The molecular formula is C28H37FOS. The average Bonchev–Trinajstić information content (AvgIpc) is 3.21. The van der Waals surface area contributed by atoms with Crippen molar-refractivity contribution in [3.05, 3.63) is 53.8 Å². The van der Waals surface area contributed by atoms with Gasteiger partial charge in [0.15, 0.2) is 0 Å². The fourth-order valence-electron chi connectivity index (χ4n) is 3.97. The van der Waals surface area contributed by atoms with Crippen LogP contribution in [0.3, 0.4) is 0 Å². The van der Waals surface area contributed by atoms with Gasteiger partial charge < -0.3 is 4.74 Å². The highest BCUT2D eigenvalue weighted by Gasteiger charge is 2.11. The van der Waals surface area contributed by atoms with E-state index in [1.54, 1.807) is 6.07 Å². The third kappa shape index (κ3) is 7.35. The number of rotatable bonds is 14. The van der Waals surface area contributed by atoms with Crippen LogP contribution in [0.2, 0.25) is 0 Å². The lowest BCUT2D eigenvalue weighted by molar-refractivity contribution is 0.303. The van der Waals surface area contributed by atoms with Crippen molar-refractivity contribution in [1.82, 2.24) is 0 Å². The first-order valence-corrected chi connectivity index (χ1v) is 13.0. The van der Waals surface area contributed by atoms with Crippen LogP contribution in [0.5, 0.6) is 5.75 Å². The summed E-state index contributed by atoms with van der Waals surface area (Å²) in [7, 11) is 0. The lowest BCUT2D eigenvalue weighted by Gasteiger charge is -2.06. The first-order valence-electron chi connectivity index (χ1n) is 12.2. The van der Waals surface area contributed by atoms with Gasteiger partial charge in [-0.05, 0) is 47.9 Å². The maximum atomic E-state index is 14.7. The molecule has 0 unspecified atom stereocenters. The molecule has 0 N–H and O–H groups in total. The smallest absolute Gasteiger partial charge is 0.144 e. The standard InChI is InChI=1S/C28H37FOS/c1-3-5-7-9-10-12-18-30-25-19-24-20-27(31-28(24)26(29)21-25)23-16-14-22(15-17-23)13-11-8-6-4-2/h14-17,19-21H,3-13,18H2,1-2H3. The summed E-state index contributed by atoms with van der Waals surface area (Å²) in [6.07, 6.45) is 13.6. The Kier molecular flexibility index (Phi) is 9.86. The molecule has 3 heteroatoms. The van der Waals surface area contributed by atoms with Gasteiger partial charge in [0.1, 0.15) is 11.6 Å². The van der Waals surface area contributed by atoms with Crippen molar-refractivity contribution in [2.75, 3.05) is 6.61 Å². The number of thiophene rings is 1. The van der Waals surface area contributed by atoms with Crippen LogP contribution in [0.15, 0.2) is 42.5 Å². The van der Waals surface area contributed by atoms with Gasteiger partial charge in [0.2, 0.25) is 0 Å². The fourth-order valence-corrected chi connectivity index (χ4v) is 5.03. The molecular weight excluding hydrogens is 403 g/mol. The number of ether oxygens (including phenoxy) is 1. The number of hydrogen-bond donors (Lipinski definition) is 0. The second kappa shape index (κ2) is 12.9. The van der Waals surface area contributed by atoms with E-state index in [1.807, 2.05) is 6.07 Å².